The van der Waals surface area contributed by atoms with E-state index >= 15 is 0 Å². The van der Waals surface area contributed by atoms with E-state index in [-0.39, 0.29) is 0 Å². The molecule has 17 heavy (non-hydrogen) atoms. The van der Waals surface area contributed by atoms with Crippen LogP contribution in [0.1, 0.15) is 25.8 Å². The number of benzene rings is 1. The van der Waals surface area contributed by atoms with E-state index in [1.54, 1.807) is 7.11 Å². The molecule has 4 heteroatoms. The first-order valence-electron chi connectivity index (χ1n) is 5.85. The van der Waals surface area contributed by atoms with Crippen molar-refractivity contribution in [2.24, 2.45) is 11.8 Å². The van der Waals surface area contributed by atoms with Gasteiger partial charge in [0.1, 0.15) is 5.75 Å². The van der Waals surface area contributed by atoms with Gasteiger partial charge in [0.05, 0.1) is 11.6 Å². The molecule has 1 rings (SSSR count). The molecular formula is C13H21BrN2O. The first-order chi connectivity index (χ1) is 8.06. The van der Waals surface area contributed by atoms with Crippen molar-refractivity contribution >= 4 is 15.9 Å². The molecule has 1 unspecified atom stereocenters. The van der Waals surface area contributed by atoms with Gasteiger partial charge in [-0.3, -0.25) is 11.3 Å². The van der Waals surface area contributed by atoms with E-state index in [9.17, 15) is 0 Å². The van der Waals surface area contributed by atoms with Gasteiger partial charge < -0.3 is 4.74 Å². The SMILES string of the molecule is COc1ccc(CC(CC(C)C)NN)cc1Br. The van der Waals surface area contributed by atoms with E-state index in [2.05, 4.69) is 47.3 Å². The van der Waals surface area contributed by atoms with Crippen LogP contribution in [-0.4, -0.2) is 13.2 Å². The van der Waals surface area contributed by atoms with Crippen molar-refractivity contribution in [2.75, 3.05) is 7.11 Å². The Morgan fingerprint density at radius 1 is 1.41 bits per heavy atom. The number of nitrogens with one attached hydrogen (secondary N) is 1. The van der Waals surface area contributed by atoms with E-state index in [4.69, 9.17) is 10.6 Å². The number of halogens is 1. The Balaban J connectivity index is 2.69. The molecule has 1 atom stereocenters. The number of ether oxygens (including phenoxy) is 1. The van der Waals surface area contributed by atoms with Gasteiger partial charge in [0, 0.05) is 6.04 Å². The van der Waals surface area contributed by atoms with Gasteiger partial charge in [-0.05, 0) is 52.4 Å². The van der Waals surface area contributed by atoms with E-state index in [1.165, 1.54) is 5.56 Å². The molecule has 96 valence electrons. The lowest BCUT2D eigenvalue weighted by Crippen LogP contribution is -2.37. The Morgan fingerprint density at radius 3 is 2.59 bits per heavy atom. The Morgan fingerprint density at radius 2 is 2.12 bits per heavy atom. The number of hydrogen-bond donors (Lipinski definition) is 2. The normalized spacial score (nSPS) is 12.8. The summed E-state index contributed by atoms with van der Waals surface area (Å²) in [5.74, 6) is 7.07. The van der Waals surface area contributed by atoms with E-state index in [1.807, 2.05) is 6.07 Å². The van der Waals surface area contributed by atoms with Crippen LogP contribution < -0.4 is 16.0 Å². The molecule has 3 N–H and O–H groups in total. The molecule has 0 heterocycles. The van der Waals surface area contributed by atoms with Crippen LogP contribution in [0.5, 0.6) is 5.75 Å². The van der Waals surface area contributed by atoms with Crippen LogP contribution in [0.25, 0.3) is 0 Å². The maximum absolute atomic E-state index is 5.58. The average Bonchev–Trinajstić information content (AvgIpc) is 2.27. The minimum Gasteiger partial charge on any atom is -0.496 e. The van der Waals surface area contributed by atoms with Gasteiger partial charge >= 0.3 is 0 Å². The number of nitrogens with two attached hydrogens (primary N) is 1. The zero-order chi connectivity index (χ0) is 12.8. The van der Waals surface area contributed by atoms with Crippen LogP contribution in [0.4, 0.5) is 0 Å². The molecule has 0 aromatic heterocycles. The minimum atomic E-state index is 0.315. The summed E-state index contributed by atoms with van der Waals surface area (Å²) in [5.41, 5.74) is 4.13. The smallest absolute Gasteiger partial charge is 0.133 e. The molecule has 0 radical (unpaired) electrons. The number of methoxy groups -OCH3 is 1. The van der Waals surface area contributed by atoms with Crippen LogP contribution in [0.2, 0.25) is 0 Å². The summed E-state index contributed by atoms with van der Waals surface area (Å²) in [6.07, 6.45) is 2.00. The van der Waals surface area contributed by atoms with Crippen molar-refractivity contribution in [1.29, 1.82) is 0 Å². The largest absolute Gasteiger partial charge is 0.496 e. The van der Waals surface area contributed by atoms with E-state index in [0.717, 1.165) is 23.1 Å². The number of hydrazine groups is 1. The first kappa shape index (κ1) is 14.5. The first-order valence-corrected chi connectivity index (χ1v) is 6.64. The van der Waals surface area contributed by atoms with Crippen LogP contribution >= 0.6 is 15.9 Å². The molecule has 0 amide bonds. The minimum absolute atomic E-state index is 0.315. The molecule has 0 bridgehead atoms. The van der Waals surface area contributed by atoms with Crippen LogP contribution in [0.3, 0.4) is 0 Å². The van der Waals surface area contributed by atoms with Gasteiger partial charge in [-0.1, -0.05) is 19.9 Å². The van der Waals surface area contributed by atoms with Crippen molar-refractivity contribution in [1.82, 2.24) is 5.43 Å². The Hall–Kier alpha value is -0.580. The second-order valence-electron chi connectivity index (χ2n) is 4.67. The van der Waals surface area contributed by atoms with Crippen LogP contribution in [-0.2, 0) is 6.42 Å². The van der Waals surface area contributed by atoms with Gasteiger partial charge in [-0.25, -0.2) is 0 Å². The highest BCUT2D eigenvalue weighted by Gasteiger charge is 2.11. The third-order valence-electron chi connectivity index (χ3n) is 2.69. The second-order valence-corrected chi connectivity index (χ2v) is 5.52. The molecule has 0 saturated carbocycles. The third kappa shape index (κ3) is 4.66. The van der Waals surface area contributed by atoms with Crippen LogP contribution in [0.15, 0.2) is 22.7 Å². The standard InChI is InChI=1S/C13H21BrN2O/c1-9(2)6-11(16-15)7-10-4-5-13(17-3)12(14)8-10/h4-5,8-9,11,16H,6-7,15H2,1-3H3. The molecule has 0 spiro atoms. The Labute approximate surface area is 112 Å². The lowest BCUT2D eigenvalue weighted by molar-refractivity contribution is 0.410. The average molecular weight is 301 g/mol. The maximum atomic E-state index is 5.58. The van der Waals surface area contributed by atoms with Gasteiger partial charge in [-0.15, -0.1) is 0 Å². The molecule has 0 aliphatic rings. The second kappa shape index (κ2) is 6.99. The zero-order valence-corrected chi connectivity index (χ0v) is 12.3. The highest BCUT2D eigenvalue weighted by molar-refractivity contribution is 9.10. The fourth-order valence-corrected chi connectivity index (χ4v) is 2.49. The molecular weight excluding hydrogens is 280 g/mol. The maximum Gasteiger partial charge on any atom is 0.133 e. The van der Waals surface area contributed by atoms with Crippen molar-refractivity contribution in [3.8, 4) is 5.75 Å². The molecule has 0 aliphatic heterocycles. The lowest BCUT2D eigenvalue weighted by Gasteiger charge is -2.18. The van der Waals surface area contributed by atoms with Crippen molar-refractivity contribution < 1.29 is 4.74 Å². The lowest BCUT2D eigenvalue weighted by atomic mass is 9.98. The predicted octanol–water partition coefficient (Wildman–Crippen LogP) is 2.88. The van der Waals surface area contributed by atoms with Gasteiger partial charge in [0.25, 0.3) is 0 Å². The summed E-state index contributed by atoms with van der Waals surface area (Å²) in [6.45, 7) is 4.41. The topological polar surface area (TPSA) is 47.3 Å². The van der Waals surface area contributed by atoms with Crippen LogP contribution in [0, 0.1) is 5.92 Å². The quantitative estimate of drug-likeness (QED) is 0.627. The van der Waals surface area contributed by atoms with Crippen molar-refractivity contribution in [2.45, 2.75) is 32.7 Å². The fourth-order valence-electron chi connectivity index (χ4n) is 1.90. The number of rotatable bonds is 6. The summed E-state index contributed by atoms with van der Waals surface area (Å²) in [4.78, 5) is 0. The van der Waals surface area contributed by atoms with E-state index < -0.39 is 0 Å². The van der Waals surface area contributed by atoms with Gasteiger partial charge in [0.2, 0.25) is 0 Å². The monoisotopic (exact) mass is 300 g/mol. The Bertz CT molecular complexity index is 355. The molecule has 0 fully saturated rings. The van der Waals surface area contributed by atoms with E-state index in [0.29, 0.717) is 12.0 Å². The fraction of sp³-hybridized carbons (Fsp3) is 0.538. The van der Waals surface area contributed by atoms with Crippen molar-refractivity contribution in [3.05, 3.63) is 28.2 Å². The third-order valence-corrected chi connectivity index (χ3v) is 3.31. The molecule has 0 saturated heterocycles. The summed E-state index contributed by atoms with van der Waals surface area (Å²) < 4.78 is 6.19. The molecule has 3 nitrogen and oxygen atoms in total. The summed E-state index contributed by atoms with van der Waals surface area (Å²) in [7, 11) is 1.67. The Kier molecular flexibility index (Phi) is 5.95. The number of hydrogen-bond acceptors (Lipinski definition) is 3. The van der Waals surface area contributed by atoms with Crippen molar-refractivity contribution in [3.63, 3.8) is 0 Å². The summed E-state index contributed by atoms with van der Waals surface area (Å²) in [6, 6.07) is 6.45. The molecule has 1 aromatic rings. The summed E-state index contributed by atoms with van der Waals surface area (Å²) >= 11 is 3.49. The molecule has 0 aliphatic carbocycles. The summed E-state index contributed by atoms with van der Waals surface area (Å²) in [5, 5.41) is 0. The van der Waals surface area contributed by atoms with Gasteiger partial charge in [0.15, 0.2) is 0 Å². The predicted molar refractivity (Wildman–Crippen MR) is 75.0 cm³/mol. The highest BCUT2D eigenvalue weighted by Crippen LogP contribution is 2.26. The molecule has 1 aromatic carbocycles. The zero-order valence-electron chi connectivity index (χ0n) is 10.7. The highest BCUT2D eigenvalue weighted by atomic mass is 79.9. The van der Waals surface area contributed by atoms with Gasteiger partial charge in [-0.2, -0.15) is 0 Å².